The van der Waals surface area contributed by atoms with Crippen LogP contribution in [0.1, 0.15) is 29.7 Å². The number of rotatable bonds is 5. The molecule has 2 nitrogen and oxygen atoms in total. The third kappa shape index (κ3) is 3.87. The minimum atomic E-state index is -0.187. The van der Waals surface area contributed by atoms with Crippen molar-refractivity contribution in [1.82, 2.24) is 10.3 Å². The molecule has 0 amide bonds. The predicted octanol–water partition coefficient (Wildman–Crippen LogP) is 4.18. The van der Waals surface area contributed by atoms with Crippen LogP contribution < -0.4 is 5.32 Å². The number of hydrogen-bond acceptors (Lipinski definition) is 2. The lowest BCUT2D eigenvalue weighted by atomic mass is 9.97. The molecule has 0 aliphatic rings. The summed E-state index contributed by atoms with van der Waals surface area (Å²) in [6.07, 6.45) is 4.36. The number of likely N-dealkylation sites (N-methyl/N-ethyl adjacent to an activating group) is 1. The van der Waals surface area contributed by atoms with E-state index in [-0.39, 0.29) is 11.9 Å². The maximum Gasteiger partial charge on any atom is 0.123 e. The van der Waals surface area contributed by atoms with Crippen LogP contribution in [0.25, 0.3) is 0 Å². The van der Waals surface area contributed by atoms with E-state index < -0.39 is 0 Å². The first kappa shape index (κ1) is 15.1. The zero-order valence-electron chi connectivity index (χ0n) is 11.7. The molecule has 1 heterocycles. The molecule has 0 radical (unpaired) electrons. The summed E-state index contributed by atoms with van der Waals surface area (Å²) in [6, 6.07) is 7.12. The van der Waals surface area contributed by atoms with Crippen LogP contribution in [0.2, 0.25) is 0 Å². The van der Waals surface area contributed by atoms with Gasteiger partial charge in [0.1, 0.15) is 5.82 Å². The summed E-state index contributed by atoms with van der Waals surface area (Å²) in [7, 11) is 0. The predicted molar refractivity (Wildman–Crippen MR) is 83.2 cm³/mol. The second-order valence-electron chi connectivity index (χ2n) is 4.82. The van der Waals surface area contributed by atoms with E-state index in [2.05, 4.69) is 39.2 Å². The zero-order chi connectivity index (χ0) is 14.5. The molecule has 4 heteroatoms. The number of benzene rings is 1. The first-order valence-corrected chi connectivity index (χ1v) is 7.48. The summed E-state index contributed by atoms with van der Waals surface area (Å²) < 4.78 is 14.4. The number of aryl methyl sites for hydroxylation is 1. The van der Waals surface area contributed by atoms with Crippen molar-refractivity contribution in [3.8, 4) is 0 Å². The van der Waals surface area contributed by atoms with Crippen LogP contribution in [-0.2, 0) is 6.42 Å². The molecule has 1 unspecified atom stereocenters. The number of aromatic nitrogens is 1. The fourth-order valence-electron chi connectivity index (χ4n) is 2.25. The average molecular weight is 337 g/mol. The maximum absolute atomic E-state index is 13.4. The molecule has 1 atom stereocenters. The molecule has 1 N–H and O–H groups in total. The highest BCUT2D eigenvalue weighted by atomic mass is 79.9. The molecule has 2 rings (SSSR count). The molecule has 106 valence electrons. The normalized spacial score (nSPS) is 12.4. The van der Waals surface area contributed by atoms with Gasteiger partial charge in [-0.15, -0.1) is 0 Å². The van der Waals surface area contributed by atoms with Crippen LogP contribution in [0.4, 0.5) is 4.39 Å². The SMILES string of the molecule is CCNC(Cc1cc(F)ccc1C)c1cncc(Br)c1. The van der Waals surface area contributed by atoms with E-state index in [9.17, 15) is 4.39 Å². The highest BCUT2D eigenvalue weighted by Crippen LogP contribution is 2.23. The molecule has 2 aromatic rings. The van der Waals surface area contributed by atoms with Crippen molar-refractivity contribution in [2.24, 2.45) is 0 Å². The highest BCUT2D eigenvalue weighted by Gasteiger charge is 2.13. The third-order valence-electron chi connectivity index (χ3n) is 3.31. The lowest BCUT2D eigenvalue weighted by Gasteiger charge is -2.19. The quantitative estimate of drug-likeness (QED) is 0.885. The van der Waals surface area contributed by atoms with Crippen molar-refractivity contribution >= 4 is 15.9 Å². The van der Waals surface area contributed by atoms with Crippen LogP contribution in [0, 0.1) is 12.7 Å². The van der Waals surface area contributed by atoms with Gasteiger partial charge >= 0.3 is 0 Å². The van der Waals surface area contributed by atoms with Crippen LogP contribution in [-0.4, -0.2) is 11.5 Å². The van der Waals surface area contributed by atoms with E-state index in [1.807, 2.05) is 19.2 Å². The lowest BCUT2D eigenvalue weighted by Crippen LogP contribution is -2.23. The van der Waals surface area contributed by atoms with Crippen molar-refractivity contribution in [3.05, 3.63) is 63.6 Å². The molecule has 0 aliphatic carbocycles. The summed E-state index contributed by atoms with van der Waals surface area (Å²) in [5.74, 6) is -0.187. The number of hydrogen-bond donors (Lipinski definition) is 1. The van der Waals surface area contributed by atoms with Gasteiger partial charge in [-0.1, -0.05) is 13.0 Å². The molecule has 0 bridgehead atoms. The summed E-state index contributed by atoms with van der Waals surface area (Å²) in [4.78, 5) is 4.21. The molecule has 20 heavy (non-hydrogen) atoms. The molecule has 0 spiro atoms. The number of pyridine rings is 1. The molecule has 0 aliphatic heterocycles. The van der Waals surface area contributed by atoms with Gasteiger partial charge in [-0.3, -0.25) is 4.98 Å². The molecule has 0 saturated carbocycles. The van der Waals surface area contributed by atoms with E-state index in [4.69, 9.17) is 0 Å². The molecular formula is C16H18BrFN2. The summed E-state index contributed by atoms with van der Waals surface area (Å²) >= 11 is 3.44. The smallest absolute Gasteiger partial charge is 0.123 e. The number of nitrogens with zero attached hydrogens (tertiary/aromatic N) is 1. The fourth-order valence-corrected chi connectivity index (χ4v) is 2.64. The van der Waals surface area contributed by atoms with Crippen molar-refractivity contribution < 1.29 is 4.39 Å². The monoisotopic (exact) mass is 336 g/mol. The van der Waals surface area contributed by atoms with E-state index >= 15 is 0 Å². The van der Waals surface area contributed by atoms with Gasteiger partial charge in [0.05, 0.1) is 0 Å². The Morgan fingerprint density at radius 3 is 2.80 bits per heavy atom. The van der Waals surface area contributed by atoms with Crippen molar-refractivity contribution in [3.63, 3.8) is 0 Å². The minimum absolute atomic E-state index is 0.130. The van der Waals surface area contributed by atoms with E-state index in [0.29, 0.717) is 0 Å². The first-order chi connectivity index (χ1) is 9.60. The van der Waals surface area contributed by atoms with E-state index in [1.54, 1.807) is 12.3 Å². The largest absolute Gasteiger partial charge is 0.310 e. The van der Waals surface area contributed by atoms with Gasteiger partial charge in [-0.25, -0.2) is 4.39 Å². The molecule has 0 saturated heterocycles. The summed E-state index contributed by atoms with van der Waals surface area (Å²) in [6.45, 7) is 4.93. The number of nitrogens with one attached hydrogen (secondary N) is 1. The minimum Gasteiger partial charge on any atom is -0.310 e. The summed E-state index contributed by atoms with van der Waals surface area (Å²) in [5.41, 5.74) is 3.23. The first-order valence-electron chi connectivity index (χ1n) is 6.69. The molecule has 0 fully saturated rings. The number of halogens is 2. The Bertz CT molecular complexity index is 586. The van der Waals surface area contributed by atoms with E-state index in [1.165, 1.54) is 6.07 Å². The molecule has 1 aromatic carbocycles. The molecule has 1 aromatic heterocycles. The Balaban J connectivity index is 2.27. The molecular weight excluding hydrogens is 319 g/mol. The zero-order valence-corrected chi connectivity index (χ0v) is 13.2. The van der Waals surface area contributed by atoms with Crippen LogP contribution in [0.15, 0.2) is 41.1 Å². The Kier molecular flexibility index (Phi) is 5.26. The lowest BCUT2D eigenvalue weighted by molar-refractivity contribution is 0.543. The van der Waals surface area contributed by atoms with Crippen LogP contribution >= 0.6 is 15.9 Å². The Labute approximate surface area is 127 Å². The van der Waals surface area contributed by atoms with Gasteiger partial charge in [0.2, 0.25) is 0 Å². The fraction of sp³-hybridized carbons (Fsp3) is 0.312. The standard InChI is InChI=1S/C16H18BrFN2/c1-3-20-16(13-6-14(17)10-19-9-13)8-12-7-15(18)5-4-11(12)2/h4-7,9-10,16,20H,3,8H2,1-2H3. The van der Waals surface area contributed by atoms with Crippen molar-refractivity contribution in [2.75, 3.05) is 6.54 Å². The second-order valence-corrected chi connectivity index (χ2v) is 5.74. The second kappa shape index (κ2) is 6.95. The Hall–Kier alpha value is -1.26. The topological polar surface area (TPSA) is 24.9 Å². The van der Waals surface area contributed by atoms with Crippen molar-refractivity contribution in [1.29, 1.82) is 0 Å². The van der Waals surface area contributed by atoms with Crippen molar-refractivity contribution in [2.45, 2.75) is 26.3 Å². The van der Waals surface area contributed by atoms with Crippen LogP contribution in [0.5, 0.6) is 0 Å². The Morgan fingerprint density at radius 1 is 1.30 bits per heavy atom. The van der Waals surface area contributed by atoms with Gasteiger partial charge in [-0.05, 0) is 70.7 Å². The maximum atomic E-state index is 13.4. The average Bonchev–Trinajstić information content (AvgIpc) is 2.42. The third-order valence-corrected chi connectivity index (χ3v) is 3.75. The van der Waals surface area contributed by atoms with Gasteiger partial charge in [0.25, 0.3) is 0 Å². The Morgan fingerprint density at radius 2 is 2.10 bits per heavy atom. The van der Waals surface area contributed by atoms with Gasteiger partial charge in [-0.2, -0.15) is 0 Å². The van der Waals surface area contributed by atoms with Gasteiger partial charge < -0.3 is 5.32 Å². The van der Waals surface area contributed by atoms with E-state index in [0.717, 1.165) is 34.1 Å². The highest BCUT2D eigenvalue weighted by molar-refractivity contribution is 9.10. The van der Waals surface area contributed by atoms with Gasteiger partial charge in [0, 0.05) is 22.9 Å². The van der Waals surface area contributed by atoms with Crippen LogP contribution in [0.3, 0.4) is 0 Å². The van der Waals surface area contributed by atoms with Gasteiger partial charge in [0.15, 0.2) is 0 Å². The summed E-state index contributed by atoms with van der Waals surface area (Å²) in [5, 5.41) is 3.44.